The van der Waals surface area contributed by atoms with Gasteiger partial charge in [-0.15, -0.1) is 0 Å². The standard InChI is InChI=1S/C15H31N3O8/c1-10(2)18(17-16)3-4-23-5-6-24-7-8-25-15-14(22)13(21)12(20)11(9-19)26-15/h10-16,19-22H,3-9H2,1-2H3/t11-,12+,13+,14-,15?/m1/s1. The lowest BCUT2D eigenvalue weighted by Crippen LogP contribution is -2.59. The van der Waals surface area contributed by atoms with Gasteiger partial charge in [0.25, 0.3) is 0 Å². The summed E-state index contributed by atoms with van der Waals surface area (Å²) in [6.45, 7) is 5.39. The third-order valence-electron chi connectivity index (χ3n) is 3.92. The number of nitrogens with one attached hydrogen (secondary N) is 1. The van der Waals surface area contributed by atoms with Crippen LogP contribution in [0.15, 0.2) is 5.22 Å². The first-order valence-electron chi connectivity index (χ1n) is 8.64. The molecule has 0 aromatic carbocycles. The molecule has 1 unspecified atom stereocenters. The van der Waals surface area contributed by atoms with Gasteiger partial charge >= 0.3 is 0 Å². The Morgan fingerprint density at radius 2 is 1.62 bits per heavy atom. The number of aliphatic hydroxyl groups is 4. The maximum absolute atomic E-state index is 9.80. The van der Waals surface area contributed by atoms with E-state index in [1.807, 2.05) is 13.8 Å². The largest absolute Gasteiger partial charge is 0.394 e. The van der Waals surface area contributed by atoms with Crippen molar-refractivity contribution in [2.45, 2.75) is 50.6 Å². The highest BCUT2D eigenvalue weighted by Crippen LogP contribution is 2.21. The van der Waals surface area contributed by atoms with E-state index in [-0.39, 0.29) is 19.3 Å². The van der Waals surface area contributed by atoms with Crippen LogP contribution < -0.4 is 0 Å². The normalized spacial score (nSPS) is 29.1. The fourth-order valence-corrected chi connectivity index (χ4v) is 2.33. The molecule has 0 spiro atoms. The Morgan fingerprint density at radius 1 is 1.00 bits per heavy atom. The van der Waals surface area contributed by atoms with Crippen LogP contribution in [-0.2, 0) is 18.9 Å². The molecule has 5 N–H and O–H groups in total. The highest BCUT2D eigenvalue weighted by atomic mass is 16.7. The lowest BCUT2D eigenvalue weighted by molar-refractivity contribution is -0.302. The lowest BCUT2D eigenvalue weighted by atomic mass is 9.99. The Labute approximate surface area is 152 Å². The van der Waals surface area contributed by atoms with Crippen LogP contribution in [0.4, 0.5) is 0 Å². The smallest absolute Gasteiger partial charge is 0.186 e. The summed E-state index contributed by atoms with van der Waals surface area (Å²) in [5, 5.41) is 43.2. The van der Waals surface area contributed by atoms with Crippen molar-refractivity contribution < 1.29 is 39.4 Å². The van der Waals surface area contributed by atoms with Crippen molar-refractivity contribution in [3.05, 3.63) is 0 Å². The molecule has 1 aliphatic rings. The summed E-state index contributed by atoms with van der Waals surface area (Å²) in [7, 11) is 0. The number of rotatable bonds is 13. The molecule has 1 rings (SSSR count). The van der Waals surface area contributed by atoms with Crippen molar-refractivity contribution in [1.82, 2.24) is 5.01 Å². The maximum Gasteiger partial charge on any atom is 0.186 e. The van der Waals surface area contributed by atoms with Gasteiger partial charge in [0, 0.05) is 6.04 Å². The Bertz CT molecular complexity index is 388. The molecule has 0 aromatic heterocycles. The fraction of sp³-hybridized carbons (Fsp3) is 1.00. The van der Waals surface area contributed by atoms with Gasteiger partial charge in [0.1, 0.15) is 24.4 Å². The van der Waals surface area contributed by atoms with Crippen LogP contribution in [0.2, 0.25) is 0 Å². The summed E-state index contributed by atoms with van der Waals surface area (Å²) in [5.41, 5.74) is 7.02. The van der Waals surface area contributed by atoms with Gasteiger partial charge in [0.2, 0.25) is 0 Å². The summed E-state index contributed by atoms with van der Waals surface area (Å²) in [6, 6.07) is 0.145. The highest BCUT2D eigenvalue weighted by Gasteiger charge is 2.43. The Hall–Kier alpha value is -0.920. The number of ether oxygens (including phenoxy) is 4. The van der Waals surface area contributed by atoms with Gasteiger partial charge in [-0.05, 0) is 13.8 Å². The minimum Gasteiger partial charge on any atom is -0.394 e. The van der Waals surface area contributed by atoms with E-state index in [1.54, 1.807) is 5.01 Å². The molecule has 5 atom stereocenters. The van der Waals surface area contributed by atoms with Crippen LogP contribution in [-0.4, -0.2) is 108 Å². The first-order chi connectivity index (χ1) is 12.4. The maximum atomic E-state index is 9.80. The predicted molar refractivity (Wildman–Crippen MR) is 88.3 cm³/mol. The van der Waals surface area contributed by atoms with Crippen molar-refractivity contribution in [2.75, 3.05) is 46.2 Å². The molecule has 1 fully saturated rings. The summed E-state index contributed by atoms with van der Waals surface area (Å²) in [6.07, 6.45) is -6.42. The van der Waals surface area contributed by atoms with E-state index in [1.165, 1.54) is 0 Å². The van der Waals surface area contributed by atoms with Crippen molar-refractivity contribution in [2.24, 2.45) is 5.22 Å². The van der Waals surface area contributed by atoms with E-state index in [0.29, 0.717) is 26.4 Å². The molecule has 11 nitrogen and oxygen atoms in total. The fourth-order valence-electron chi connectivity index (χ4n) is 2.33. The second-order valence-electron chi connectivity index (χ2n) is 6.15. The van der Waals surface area contributed by atoms with Gasteiger partial charge in [-0.1, -0.05) is 5.22 Å². The second kappa shape index (κ2) is 12.5. The molecule has 11 heteroatoms. The Balaban J connectivity index is 2.07. The van der Waals surface area contributed by atoms with E-state index >= 15 is 0 Å². The number of hydrogen-bond donors (Lipinski definition) is 5. The molecule has 1 heterocycles. The molecule has 0 saturated carbocycles. The third-order valence-corrected chi connectivity index (χ3v) is 3.92. The second-order valence-corrected chi connectivity index (χ2v) is 6.15. The van der Waals surface area contributed by atoms with E-state index in [2.05, 4.69) is 5.22 Å². The molecular weight excluding hydrogens is 350 g/mol. The monoisotopic (exact) mass is 381 g/mol. The van der Waals surface area contributed by atoms with Gasteiger partial charge in [0.05, 0.1) is 46.2 Å². The third kappa shape index (κ3) is 7.37. The van der Waals surface area contributed by atoms with E-state index in [0.717, 1.165) is 0 Å². The minimum absolute atomic E-state index is 0.0988. The van der Waals surface area contributed by atoms with E-state index in [4.69, 9.17) is 29.6 Å². The zero-order valence-electron chi connectivity index (χ0n) is 15.2. The molecule has 154 valence electrons. The molecule has 1 aliphatic heterocycles. The summed E-state index contributed by atoms with van der Waals surface area (Å²) in [5.74, 6) is 0. The zero-order chi connectivity index (χ0) is 19.5. The van der Waals surface area contributed by atoms with Gasteiger partial charge in [0.15, 0.2) is 6.29 Å². The van der Waals surface area contributed by atoms with Crippen LogP contribution >= 0.6 is 0 Å². The van der Waals surface area contributed by atoms with Crippen LogP contribution in [0.25, 0.3) is 0 Å². The first-order valence-corrected chi connectivity index (χ1v) is 8.64. The number of aliphatic hydroxyl groups excluding tert-OH is 4. The van der Waals surface area contributed by atoms with Gasteiger partial charge in [-0.3, -0.25) is 5.01 Å². The molecule has 0 aliphatic carbocycles. The summed E-state index contributed by atoms with van der Waals surface area (Å²) >= 11 is 0. The Morgan fingerprint density at radius 3 is 2.19 bits per heavy atom. The van der Waals surface area contributed by atoms with E-state index < -0.39 is 37.3 Å². The highest BCUT2D eigenvalue weighted by molar-refractivity contribution is 4.88. The van der Waals surface area contributed by atoms with E-state index in [9.17, 15) is 15.3 Å². The zero-order valence-corrected chi connectivity index (χ0v) is 15.2. The number of hydrogen-bond acceptors (Lipinski definition) is 10. The van der Waals surface area contributed by atoms with Crippen molar-refractivity contribution >= 4 is 0 Å². The minimum atomic E-state index is -1.46. The van der Waals surface area contributed by atoms with Crippen molar-refractivity contribution in [1.29, 1.82) is 5.53 Å². The summed E-state index contributed by atoms with van der Waals surface area (Å²) < 4.78 is 21.2. The molecule has 0 amide bonds. The molecule has 0 bridgehead atoms. The molecule has 0 aromatic rings. The number of nitrogens with zero attached hydrogens (tertiary/aromatic N) is 2. The topological polar surface area (TPSA) is 157 Å². The first kappa shape index (κ1) is 23.1. The summed E-state index contributed by atoms with van der Waals surface area (Å²) in [4.78, 5) is 0. The van der Waals surface area contributed by atoms with Crippen molar-refractivity contribution in [3.8, 4) is 0 Å². The molecular formula is C15H31N3O8. The molecule has 26 heavy (non-hydrogen) atoms. The predicted octanol–water partition coefficient (Wildman–Crippen LogP) is -1.51. The average molecular weight is 381 g/mol. The SMILES string of the molecule is CC(C)N(CCOCCOCCOC1O[C@H](CO)[C@H](O)[C@H](O)[C@H]1O)N=N. The van der Waals surface area contributed by atoms with Crippen LogP contribution in [0.5, 0.6) is 0 Å². The lowest BCUT2D eigenvalue weighted by Gasteiger charge is -2.39. The quantitative estimate of drug-likeness (QED) is 0.145. The van der Waals surface area contributed by atoms with Crippen LogP contribution in [0.3, 0.4) is 0 Å². The van der Waals surface area contributed by atoms with Gasteiger partial charge < -0.3 is 39.4 Å². The molecule has 0 radical (unpaired) electrons. The molecule has 1 saturated heterocycles. The van der Waals surface area contributed by atoms with Crippen LogP contribution in [0.1, 0.15) is 13.8 Å². The Kier molecular flexibility index (Phi) is 11.1. The van der Waals surface area contributed by atoms with Crippen LogP contribution in [0, 0.1) is 5.53 Å². The average Bonchev–Trinajstić information content (AvgIpc) is 2.62. The van der Waals surface area contributed by atoms with Crippen molar-refractivity contribution in [3.63, 3.8) is 0 Å². The van der Waals surface area contributed by atoms with Gasteiger partial charge in [-0.2, -0.15) is 5.53 Å². The van der Waals surface area contributed by atoms with Gasteiger partial charge in [-0.25, -0.2) is 0 Å².